The quantitative estimate of drug-likeness (QED) is 0.900. The van der Waals surface area contributed by atoms with Crippen LogP contribution in [-0.2, 0) is 6.18 Å². The van der Waals surface area contributed by atoms with Crippen LogP contribution in [0.3, 0.4) is 0 Å². The molecular weight excluding hydrogens is 263 g/mol. The van der Waals surface area contributed by atoms with E-state index >= 15 is 0 Å². The summed E-state index contributed by atoms with van der Waals surface area (Å²) in [6, 6.07) is 1.58. The standard InChI is InChI=1S/C10H12F3N5O/c1-6-5-7(17(2)3-4-19)18-9(14-6)15-8(16-18)10(11,12)13/h5,19H,3-4H2,1-2H3. The molecule has 0 saturated heterocycles. The van der Waals surface area contributed by atoms with Crippen LogP contribution in [0.4, 0.5) is 19.0 Å². The first-order valence-corrected chi connectivity index (χ1v) is 5.46. The highest BCUT2D eigenvalue weighted by molar-refractivity contribution is 5.47. The van der Waals surface area contributed by atoms with Gasteiger partial charge in [-0.1, -0.05) is 0 Å². The molecule has 0 atom stereocenters. The van der Waals surface area contributed by atoms with Crippen LogP contribution in [-0.4, -0.2) is 44.9 Å². The Hall–Kier alpha value is -1.90. The Kier molecular flexibility index (Phi) is 3.31. The van der Waals surface area contributed by atoms with E-state index in [-0.39, 0.29) is 18.9 Å². The first-order chi connectivity index (χ1) is 8.82. The summed E-state index contributed by atoms with van der Waals surface area (Å²) in [7, 11) is 1.64. The lowest BCUT2D eigenvalue weighted by atomic mass is 10.4. The van der Waals surface area contributed by atoms with Crippen molar-refractivity contribution in [1.82, 2.24) is 19.6 Å². The maximum absolute atomic E-state index is 12.6. The highest BCUT2D eigenvalue weighted by Crippen LogP contribution is 2.27. The zero-order valence-electron chi connectivity index (χ0n) is 10.3. The zero-order valence-corrected chi connectivity index (χ0v) is 10.3. The van der Waals surface area contributed by atoms with Crippen LogP contribution in [0.5, 0.6) is 0 Å². The van der Waals surface area contributed by atoms with Crippen molar-refractivity contribution in [2.24, 2.45) is 0 Å². The molecule has 19 heavy (non-hydrogen) atoms. The smallest absolute Gasteiger partial charge is 0.395 e. The van der Waals surface area contributed by atoms with Crippen molar-refractivity contribution in [1.29, 1.82) is 0 Å². The average Bonchev–Trinajstić information content (AvgIpc) is 2.71. The average molecular weight is 275 g/mol. The molecule has 0 aliphatic carbocycles. The van der Waals surface area contributed by atoms with Crippen LogP contribution in [0.25, 0.3) is 5.78 Å². The topological polar surface area (TPSA) is 66.5 Å². The minimum atomic E-state index is -4.62. The first kappa shape index (κ1) is 13.5. The third-order valence-electron chi connectivity index (χ3n) is 2.50. The third kappa shape index (κ3) is 2.60. The van der Waals surface area contributed by atoms with Gasteiger partial charge in [-0.2, -0.15) is 22.7 Å². The van der Waals surface area contributed by atoms with Crippen molar-refractivity contribution in [2.45, 2.75) is 13.1 Å². The number of aromatic nitrogens is 4. The van der Waals surface area contributed by atoms with Gasteiger partial charge in [-0.05, 0) is 6.92 Å². The molecule has 6 nitrogen and oxygen atoms in total. The Morgan fingerprint density at radius 2 is 2.05 bits per heavy atom. The lowest BCUT2D eigenvalue weighted by molar-refractivity contribution is -0.144. The van der Waals surface area contributed by atoms with E-state index in [0.29, 0.717) is 11.5 Å². The number of aliphatic hydroxyl groups is 1. The van der Waals surface area contributed by atoms with E-state index in [0.717, 1.165) is 4.52 Å². The molecule has 0 aromatic carbocycles. The first-order valence-electron chi connectivity index (χ1n) is 5.46. The summed E-state index contributed by atoms with van der Waals surface area (Å²) in [5.41, 5.74) is 0.522. The SMILES string of the molecule is Cc1cc(N(C)CCO)n2nc(C(F)(F)F)nc2n1. The van der Waals surface area contributed by atoms with Crippen LogP contribution in [0.1, 0.15) is 11.5 Å². The van der Waals surface area contributed by atoms with E-state index in [9.17, 15) is 13.2 Å². The summed E-state index contributed by atoms with van der Waals surface area (Å²) >= 11 is 0. The highest BCUT2D eigenvalue weighted by atomic mass is 19.4. The van der Waals surface area contributed by atoms with Crippen molar-refractivity contribution in [3.63, 3.8) is 0 Å². The van der Waals surface area contributed by atoms with Gasteiger partial charge in [0.05, 0.1) is 6.61 Å². The van der Waals surface area contributed by atoms with Gasteiger partial charge in [-0.3, -0.25) is 0 Å². The van der Waals surface area contributed by atoms with Gasteiger partial charge < -0.3 is 10.0 Å². The fraction of sp³-hybridized carbons (Fsp3) is 0.500. The Balaban J connectivity index is 2.60. The number of rotatable bonds is 3. The van der Waals surface area contributed by atoms with Crippen LogP contribution in [0.15, 0.2) is 6.07 Å². The normalized spacial score (nSPS) is 12.1. The molecular formula is C10H12F3N5O. The molecule has 0 amide bonds. The summed E-state index contributed by atoms with van der Waals surface area (Å²) in [5.74, 6) is -0.962. The molecule has 104 valence electrons. The monoisotopic (exact) mass is 275 g/mol. The molecule has 2 rings (SSSR count). The minimum absolute atomic E-state index is 0.118. The van der Waals surface area contributed by atoms with Gasteiger partial charge in [-0.25, -0.2) is 4.98 Å². The number of likely N-dealkylation sites (N-methyl/N-ethyl adjacent to an activating group) is 1. The van der Waals surface area contributed by atoms with E-state index in [1.165, 1.54) is 0 Å². The number of anilines is 1. The van der Waals surface area contributed by atoms with Gasteiger partial charge in [0.2, 0.25) is 0 Å². The van der Waals surface area contributed by atoms with E-state index < -0.39 is 12.0 Å². The van der Waals surface area contributed by atoms with Crippen LogP contribution < -0.4 is 4.90 Å². The molecule has 2 aromatic heterocycles. The van der Waals surface area contributed by atoms with Crippen molar-refractivity contribution in [3.05, 3.63) is 17.6 Å². The number of aliphatic hydroxyl groups excluding tert-OH is 1. The number of hydrogen-bond donors (Lipinski definition) is 1. The molecule has 0 spiro atoms. The zero-order chi connectivity index (χ0) is 14.2. The van der Waals surface area contributed by atoms with Gasteiger partial charge in [0, 0.05) is 25.4 Å². The lowest BCUT2D eigenvalue weighted by Gasteiger charge is -2.18. The van der Waals surface area contributed by atoms with Crippen molar-refractivity contribution in [3.8, 4) is 0 Å². The van der Waals surface area contributed by atoms with Gasteiger partial charge in [0.1, 0.15) is 5.82 Å². The Morgan fingerprint density at radius 3 is 2.63 bits per heavy atom. The summed E-state index contributed by atoms with van der Waals surface area (Å²) in [6.07, 6.45) is -4.62. The number of halogens is 3. The Bertz CT molecular complexity index is 595. The number of nitrogens with zero attached hydrogens (tertiary/aromatic N) is 5. The molecule has 1 N–H and O–H groups in total. The van der Waals surface area contributed by atoms with Crippen molar-refractivity contribution in [2.75, 3.05) is 25.1 Å². The Labute approximate surface area is 106 Å². The molecule has 9 heteroatoms. The van der Waals surface area contributed by atoms with Gasteiger partial charge >= 0.3 is 6.18 Å². The molecule has 0 bridgehead atoms. The molecule has 0 fully saturated rings. The summed E-state index contributed by atoms with van der Waals surface area (Å²) < 4.78 is 38.8. The molecule has 0 saturated carbocycles. The van der Waals surface area contributed by atoms with Crippen LogP contribution in [0.2, 0.25) is 0 Å². The second kappa shape index (κ2) is 4.65. The predicted molar refractivity (Wildman–Crippen MR) is 60.9 cm³/mol. The maximum atomic E-state index is 12.6. The molecule has 0 radical (unpaired) electrons. The van der Waals surface area contributed by atoms with Gasteiger partial charge in [-0.15, -0.1) is 5.10 Å². The van der Waals surface area contributed by atoms with Gasteiger partial charge in [0.15, 0.2) is 0 Å². The van der Waals surface area contributed by atoms with Crippen molar-refractivity contribution >= 4 is 11.6 Å². The number of hydrogen-bond acceptors (Lipinski definition) is 5. The van der Waals surface area contributed by atoms with E-state index in [4.69, 9.17) is 5.11 Å². The van der Waals surface area contributed by atoms with E-state index in [2.05, 4.69) is 15.1 Å². The highest BCUT2D eigenvalue weighted by Gasteiger charge is 2.37. The predicted octanol–water partition coefficient (Wildman–Crippen LogP) is 0.880. The maximum Gasteiger partial charge on any atom is 0.453 e. The molecule has 0 aliphatic heterocycles. The molecule has 0 unspecified atom stereocenters. The van der Waals surface area contributed by atoms with Crippen LogP contribution in [0, 0.1) is 6.92 Å². The molecule has 2 heterocycles. The number of aryl methyl sites for hydroxylation is 1. The summed E-state index contributed by atoms with van der Waals surface area (Å²) in [5, 5.41) is 12.3. The Morgan fingerprint density at radius 1 is 1.37 bits per heavy atom. The fourth-order valence-electron chi connectivity index (χ4n) is 1.62. The summed E-state index contributed by atoms with van der Waals surface area (Å²) in [4.78, 5) is 8.87. The number of alkyl halides is 3. The molecule has 0 aliphatic rings. The second-order valence-corrected chi connectivity index (χ2v) is 4.05. The van der Waals surface area contributed by atoms with Crippen molar-refractivity contribution < 1.29 is 18.3 Å². The minimum Gasteiger partial charge on any atom is -0.395 e. The lowest BCUT2D eigenvalue weighted by Crippen LogP contribution is -2.24. The second-order valence-electron chi connectivity index (χ2n) is 4.05. The van der Waals surface area contributed by atoms with E-state index in [1.807, 2.05) is 0 Å². The fourth-order valence-corrected chi connectivity index (χ4v) is 1.62. The summed E-state index contributed by atoms with van der Waals surface area (Å²) in [6.45, 7) is 1.79. The molecule has 2 aromatic rings. The van der Waals surface area contributed by atoms with Gasteiger partial charge in [0.25, 0.3) is 11.6 Å². The van der Waals surface area contributed by atoms with Crippen LogP contribution >= 0.6 is 0 Å². The third-order valence-corrected chi connectivity index (χ3v) is 2.50. The van der Waals surface area contributed by atoms with E-state index in [1.54, 1.807) is 24.9 Å². The largest absolute Gasteiger partial charge is 0.453 e. The number of fused-ring (bicyclic) bond motifs is 1.